The summed E-state index contributed by atoms with van der Waals surface area (Å²) in [4.78, 5) is 4.36. The van der Waals surface area contributed by atoms with Crippen molar-refractivity contribution in [1.82, 2.24) is 10.1 Å². The van der Waals surface area contributed by atoms with E-state index in [-0.39, 0.29) is 0 Å². The predicted molar refractivity (Wildman–Crippen MR) is 81.6 cm³/mol. The summed E-state index contributed by atoms with van der Waals surface area (Å²) in [6.07, 6.45) is 5.27. The predicted octanol–water partition coefficient (Wildman–Crippen LogP) is 3.47. The van der Waals surface area contributed by atoms with Crippen LogP contribution in [0.25, 0.3) is 22.6 Å². The van der Waals surface area contributed by atoms with Gasteiger partial charge in [0.1, 0.15) is 0 Å². The first-order valence-corrected chi connectivity index (χ1v) is 7.11. The number of anilines is 1. The highest BCUT2D eigenvalue weighted by Crippen LogP contribution is 2.37. The lowest BCUT2D eigenvalue weighted by Gasteiger charge is -2.04. The summed E-state index contributed by atoms with van der Waals surface area (Å²) >= 11 is 0. The lowest BCUT2D eigenvalue weighted by molar-refractivity contribution is 0.436. The molecule has 4 heteroatoms. The van der Waals surface area contributed by atoms with Gasteiger partial charge in [-0.05, 0) is 48.6 Å². The molecular weight excluding hydrogens is 262 g/mol. The van der Waals surface area contributed by atoms with Gasteiger partial charge in [0.15, 0.2) is 11.6 Å². The maximum absolute atomic E-state index is 5.98. The van der Waals surface area contributed by atoms with Gasteiger partial charge in [0.25, 0.3) is 0 Å². The average molecular weight is 277 g/mol. The Morgan fingerprint density at radius 2 is 1.95 bits per heavy atom. The number of nitrogens with two attached hydrogens (primary N) is 1. The van der Waals surface area contributed by atoms with Crippen molar-refractivity contribution in [1.29, 1.82) is 0 Å². The van der Waals surface area contributed by atoms with Crippen molar-refractivity contribution >= 4 is 5.82 Å². The largest absolute Gasteiger partial charge is 0.380 e. The molecule has 0 fully saturated rings. The van der Waals surface area contributed by atoms with Crippen LogP contribution >= 0.6 is 0 Å². The number of hydrogen-bond acceptors (Lipinski definition) is 4. The summed E-state index contributed by atoms with van der Waals surface area (Å²) in [7, 11) is 0. The second kappa shape index (κ2) is 4.74. The Hall–Kier alpha value is -2.62. The van der Waals surface area contributed by atoms with Crippen LogP contribution in [0.2, 0.25) is 0 Å². The lowest BCUT2D eigenvalue weighted by atomic mass is 10.0. The van der Waals surface area contributed by atoms with Gasteiger partial charge in [-0.1, -0.05) is 23.4 Å². The Balaban J connectivity index is 1.87. The zero-order valence-electron chi connectivity index (χ0n) is 11.5. The van der Waals surface area contributed by atoms with E-state index >= 15 is 0 Å². The van der Waals surface area contributed by atoms with Gasteiger partial charge in [0.2, 0.25) is 0 Å². The molecule has 1 aliphatic rings. The molecule has 0 aliphatic heterocycles. The zero-order chi connectivity index (χ0) is 14.2. The summed E-state index contributed by atoms with van der Waals surface area (Å²) < 4.78 is 5.48. The molecule has 2 aromatic heterocycles. The molecule has 0 unspecified atom stereocenters. The fraction of sp³-hybridized carbons (Fsp3) is 0.176. The molecular formula is C17H15N3O. The topological polar surface area (TPSA) is 64.9 Å². The quantitative estimate of drug-likeness (QED) is 0.779. The molecule has 4 rings (SSSR count). The third kappa shape index (κ3) is 2.00. The molecule has 2 heterocycles. The van der Waals surface area contributed by atoms with Crippen LogP contribution < -0.4 is 5.73 Å². The first kappa shape index (κ1) is 12.1. The number of benzene rings is 1. The van der Waals surface area contributed by atoms with Crippen molar-refractivity contribution in [3.8, 4) is 22.6 Å². The van der Waals surface area contributed by atoms with Gasteiger partial charge in [-0.2, -0.15) is 0 Å². The second-order valence-electron chi connectivity index (χ2n) is 5.32. The molecule has 0 amide bonds. The number of hydrogen-bond donors (Lipinski definition) is 1. The molecule has 1 aromatic carbocycles. The van der Waals surface area contributed by atoms with E-state index in [9.17, 15) is 0 Å². The van der Waals surface area contributed by atoms with Crippen molar-refractivity contribution in [2.45, 2.75) is 19.3 Å². The van der Waals surface area contributed by atoms with Gasteiger partial charge in [-0.3, -0.25) is 4.98 Å². The standard InChI is InChI=1S/C17H15N3O/c18-17-15(14-6-1-2-9-19-14)16(21-20-17)13-8-7-11-4-3-5-12(11)10-13/h1-2,6-10H,3-5H2,(H2,18,20). The van der Waals surface area contributed by atoms with E-state index in [1.807, 2.05) is 18.2 Å². The second-order valence-corrected chi connectivity index (χ2v) is 5.32. The highest BCUT2D eigenvalue weighted by atomic mass is 16.5. The minimum absolute atomic E-state index is 0.379. The Labute approximate surface area is 122 Å². The van der Waals surface area contributed by atoms with Gasteiger partial charge >= 0.3 is 0 Å². The third-order valence-electron chi connectivity index (χ3n) is 4.00. The van der Waals surface area contributed by atoms with Crippen molar-refractivity contribution in [2.75, 3.05) is 5.73 Å². The molecule has 0 radical (unpaired) electrons. The van der Waals surface area contributed by atoms with Crippen LogP contribution in [0, 0.1) is 0 Å². The highest BCUT2D eigenvalue weighted by molar-refractivity contribution is 5.85. The number of aromatic nitrogens is 2. The number of rotatable bonds is 2. The van der Waals surface area contributed by atoms with Crippen LogP contribution in [0.1, 0.15) is 17.5 Å². The van der Waals surface area contributed by atoms with Gasteiger partial charge in [-0.15, -0.1) is 0 Å². The molecule has 0 spiro atoms. The Bertz CT molecular complexity index is 793. The maximum atomic E-state index is 5.98. The van der Waals surface area contributed by atoms with E-state index in [2.05, 4.69) is 28.3 Å². The fourth-order valence-electron chi connectivity index (χ4n) is 2.97. The van der Waals surface area contributed by atoms with Crippen LogP contribution in [-0.4, -0.2) is 10.1 Å². The molecule has 0 bridgehead atoms. The van der Waals surface area contributed by atoms with E-state index in [1.54, 1.807) is 6.20 Å². The van der Waals surface area contributed by atoms with Crippen LogP contribution in [0.15, 0.2) is 47.1 Å². The average Bonchev–Trinajstić information content (AvgIpc) is 3.13. The molecule has 21 heavy (non-hydrogen) atoms. The van der Waals surface area contributed by atoms with Crippen LogP contribution in [0.4, 0.5) is 5.82 Å². The summed E-state index contributed by atoms with van der Waals surface area (Å²) in [5.74, 6) is 1.07. The maximum Gasteiger partial charge on any atom is 0.178 e. The number of fused-ring (bicyclic) bond motifs is 1. The van der Waals surface area contributed by atoms with Crippen molar-refractivity contribution in [2.24, 2.45) is 0 Å². The summed E-state index contributed by atoms with van der Waals surface area (Å²) in [6.45, 7) is 0. The third-order valence-corrected chi connectivity index (χ3v) is 4.00. The van der Waals surface area contributed by atoms with E-state index in [4.69, 9.17) is 10.3 Å². The summed E-state index contributed by atoms with van der Waals surface area (Å²) in [5.41, 5.74) is 11.4. The summed E-state index contributed by atoms with van der Waals surface area (Å²) in [6, 6.07) is 12.2. The van der Waals surface area contributed by atoms with Gasteiger partial charge in [-0.25, -0.2) is 0 Å². The highest BCUT2D eigenvalue weighted by Gasteiger charge is 2.20. The molecule has 0 saturated heterocycles. The van der Waals surface area contributed by atoms with Crippen molar-refractivity contribution < 1.29 is 4.52 Å². The molecule has 0 atom stereocenters. The number of aryl methyl sites for hydroxylation is 2. The molecule has 3 aromatic rings. The number of nitrogen functional groups attached to an aromatic ring is 1. The first-order valence-electron chi connectivity index (χ1n) is 7.11. The van der Waals surface area contributed by atoms with Crippen molar-refractivity contribution in [3.05, 3.63) is 53.7 Å². The van der Waals surface area contributed by atoms with Crippen LogP contribution in [-0.2, 0) is 12.8 Å². The molecule has 0 saturated carbocycles. The van der Waals surface area contributed by atoms with E-state index < -0.39 is 0 Å². The van der Waals surface area contributed by atoms with E-state index in [0.29, 0.717) is 11.6 Å². The van der Waals surface area contributed by atoms with Gasteiger partial charge in [0.05, 0.1) is 11.3 Å². The minimum atomic E-state index is 0.379. The number of nitrogens with zero attached hydrogens (tertiary/aromatic N) is 2. The molecule has 4 nitrogen and oxygen atoms in total. The molecule has 104 valence electrons. The molecule has 2 N–H and O–H groups in total. The van der Waals surface area contributed by atoms with Crippen LogP contribution in [0.5, 0.6) is 0 Å². The first-order chi connectivity index (χ1) is 10.3. The normalized spacial score (nSPS) is 13.3. The Morgan fingerprint density at radius 3 is 2.81 bits per heavy atom. The zero-order valence-corrected chi connectivity index (χ0v) is 11.5. The molecule has 1 aliphatic carbocycles. The fourth-order valence-corrected chi connectivity index (χ4v) is 2.97. The minimum Gasteiger partial charge on any atom is -0.380 e. The van der Waals surface area contributed by atoms with Crippen LogP contribution in [0.3, 0.4) is 0 Å². The lowest BCUT2D eigenvalue weighted by Crippen LogP contribution is -1.91. The van der Waals surface area contributed by atoms with Crippen molar-refractivity contribution in [3.63, 3.8) is 0 Å². The van der Waals surface area contributed by atoms with Gasteiger partial charge in [0, 0.05) is 11.8 Å². The Morgan fingerprint density at radius 1 is 1.05 bits per heavy atom. The SMILES string of the molecule is Nc1noc(-c2ccc3c(c2)CCC3)c1-c1ccccn1. The smallest absolute Gasteiger partial charge is 0.178 e. The number of pyridine rings is 1. The Kier molecular flexibility index (Phi) is 2.74. The monoisotopic (exact) mass is 277 g/mol. The van der Waals surface area contributed by atoms with E-state index in [0.717, 1.165) is 23.2 Å². The van der Waals surface area contributed by atoms with E-state index in [1.165, 1.54) is 24.0 Å². The summed E-state index contributed by atoms with van der Waals surface area (Å²) in [5, 5.41) is 3.93. The van der Waals surface area contributed by atoms with Gasteiger partial charge < -0.3 is 10.3 Å².